The molecule has 3 heterocycles. The lowest BCUT2D eigenvalue weighted by atomic mass is 9.87. The van der Waals surface area contributed by atoms with Gasteiger partial charge in [0, 0.05) is 31.5 Å². The van der Waals surface area contributed by atoms with Crippen molar-refractivity contribution in [3.8, 4) is 5.75 Å². The number of hydrogen-bond acceptors (Lipinski definition) is 8. The Kier molecular flexibility index (Phi) is 9.16. The number of aromatic nitrogens is 1. The maximum Gasteiger partial charge on any atom is 0.430 e. The highest BCUT2D eigenvalue weighted by Crippen LogP contribution is 2.51. The molecule has 45 heavy (non-hydrogen) atoms. The average Bonchev–Trinajstić information content (AvgIpc) is 2.93. The normalized spacial score (nSPS) is 18.6. The van der Waals surface area contributed by atoms with Gasteiger partial charge in [-0.2, -0.15) is 26.3 Å². The van der Waals surface area contributed by atoms with E-state index in [0.29, 0.717) is 24.5 Å². The van der Waals surface area contributed by atoms with Crippen molar-refractivity contribution in [3.63, 3.8) is 0 Å². The van der Waals surface area contributed by atoms with Crippen molar-refractivity contribution in [3.05, 3.63) is 41.6 Å². The first-order valence-corrected chi connectivity index (χ1v) is 15.3. The van der Waals surface area contributed by atoms with Crippen LogP contribution in [0, 0.1) is 0 Å². The fourth-order valence-electron chi connectivity index (χ4n) is 5.33. The van der Waals surface area contributed by atoms with E-state index >= 15 is 0 Å². The highest BCUT2D eigenvalue weighted by molar-refractivity contribution is 7.92. The van der Waals surface area contributed by atoms with E-state index in [-0.39, 0.29) is 49.3 Å². The second kappa shape index (κ2) is 11.9. The highest BCUT2D eigenvalue weighted by Gasteiger charge is 2.71. The standard InChI is InChI=1S/C28H32F7N3O6S/c1-25(2,40)23(29)9-7-19(39)13-18-6-4-16-12-17(26(41,27(30,31)32)28(33,34)35)5-8-21(16)38(18)45(42,43)20-14-22-24(36-15-20)37(3)10-11-44-22/h5,8,12,14-15,18,23,40-41H,4,6-7,9-11,13H2,1-3H3/t18?,23-/m1/s1. The number of carbonyl (C=O) groups is 1. The Morgan fingerprint density at radius 3 is 2.36 bits per heavy atom. The molecule has 0 amide bonds. The van der Waals surface area contributed by atoms with Crippen molar-refractivity contribution < 1.29 is 58.9 Å². The Bertz CT molecular complexity index is 1530. The summed E-state index contributed by atoms with van der Waals surface area (Å²) in [7, 11) is -2.98. The number of ether oxygens (including phenoxy) is 1. The SMILES string of the molecule is CN1CCOc2cc(S(=O)(=O)N3c4ccc(C(O)(C(F)(F)F)C(F)(F)F)cc4CCC3CC(=O)CC[C@@H](F)C(C)(C)O)cnc21. The monoisotopic (exact) mass is 671 g/mol. The summed E-state index contributed by atoms with van der Waals surface area (Å²) in [4.78, 5) is 18.4. The van der Waals surface area contributed by atoms with Gasteiger partial charge in [0.25, 0.3) is 15.6 Å². The van der Waals surface area contributed by atoms with Crippen LogP contribution in [0.2, 0.25) is 0 Å². The molecule has 2 N–H and O–H groups in total. The first-order valence-electron chi connectivity index (χ1n) is 13.8. The zero-order valence-corrected chi connectivity index (χ0v) is 25.2. The van der Waals surface area contributed by atoms with Gasteiger partial charge in [0.05, 0.1) is 30.1 Å². The number of rotatable bonds is 9. The third-order valence-corrected chi connectivity index (χ3v) is 9.78. The number of aryl methyl sites for hydroxylation is 1. The van der Waals surface area contributed by atoms with E-state index in [2.05, 4.69) is 4.98 Å². The molecule has 0 aliphatic carbocycles. The van der Waals surface area contributed by atoms with Crippen LogP contribution in [0.5, 0.6) is 5.75 Å². The van der Waals surface area contributed by atoms with Crippen LogP contribution >= 0.6 is 0 Å². The smallest absolute Gasteiger partial charge is 0.430 e. The highest BCUT2D eigenvalue weighted by atomic mass is 32.2. The van der Waals surface area contributed by atoms with Crippen molar-refractivity contribution in [1.29, 1.82) is 0 Å². The molecule has 2 aliphatic rings. The number of nitrogens with zero attached hydrogens (tertiary/aromatic N) is 3. The number of anilines is 2. The largest absolute Gasteiger partial charge is 0.488 e. The molecule has 2 atom stereocenters. The number of halogens is 7. The predicted octanol–water partition coefficient (Wildman–Crippen LogP) is 4.58. The number of Topliss-reactive ketones (excluding diaryl/α,β-unsaturated/α-hetero) is 1. The number of ketones is 1. The summed E-state index contributed by atoms with van der Waals surface area (Å²) in [6, 6.07) is 1.54. The number of sulfonamides is 1. The number of fused-ring (bicyclic) bond motifs is 2. The second-order valence-electron chi connectivity index (χ2n) is 11.7. The maximum absolute atomic E-state index is 14.3. The molecular formula is C28H32F7N3O6S. The van der Waals surface area contributed by atoms with Crippen molar-refractivity contribution in [2.45, 2.75) is 86.6 Å². The minimum Gasteiger partial charge on any atom is -0.488 e. The van der Waals surface area contributed by atoms with Gasteiger partial charge in [-0.1, -0.05) is 12.1 Å². The molecule has 1 aromatic heterocycles. The number of alkyl halides is 7. The molecule has 0 saturated heterocycles. The number of aliphatic hydroxyl groups is 2. The third-order valence-electron chi connectivity index (χ3n) is 7.95. The molecule has 9 nitrogen and oxygen atoms in total. The molecule has 0 fully saturated rings. The number of hydrogen-bond donors (Lipinski definition) is 2. The Balaban J connectivity index is 1.78. The molecule has 4 rings (SSSR count). The van der Waals surface area contributed by atoms with E-state index in [4.69, 9.17) is 4.74 Å². The minimum atomic E-state index is -6.16. The molecule has 2 aromatic rings. The van der Waals surface area contributed by atoms with Crippen LogP contribution in [0.25, 0.3) is 0 Å². The van der Waals surface area contributed by atoms with Crippen LogP contribution in [-0.4, -0.2) is 79.8 Å². The van der Waals surface area contributed by atoms with E-state index in [1.165, 1.54) is 19.9 Å². The van der Waals surface area contributed by atoms with Gasteiger partial charge in [0.15, 0.2) is 11.6 Å². The number of carbonyl (C=O) groups excluding carboxylic acids is 1. The molecule has 17 heteroatoms. The van der Waals surface area contributed by atoms with Crippen molar-refractivity contribution in [1.82, 2.24) is 4.98 Å². The van der Waals surface area contributed by atoms with E-state index in [1.807, 2.05) is 0 Å². The number of pyridine rings is 1. The van der Waals surface area contributed by atoms with Gasteiger partial charge in [-0.15, -0.1) is 0 Å². The molecule has 0 radical (unpaired) electrons. The van der Waals surface area contributed by atoms with Crippen LogP contribution in [-0.2, 0) is 26.8 Å². The first kappa shape index (κ1) is 34.7. The minimum absolute atomic E-state index is 0.117. The number of benzene rings is 1. The molecule has 2 aliphatic heterocycles. The van der Waals surface area contributed by atoms with E-state index in [0.717, 1.165) is 16.6 Å². The predicted molar refractivity (Wildman–Crippen MR) is 147 cm³/mol. The third kappa shape index (κ3) is 6.56. The summed E-state index contributed by atoms with van der Waals surface area (Å²) >= 11 is 0. The van der Waals surface area contributed by atoms with Gasteiger partial charge < -0.3 is 19.8 Å². The summed E-state index contributed by atoms with van der Waals surface area (Å²) in [6.45, 7) is 3.11. The Morgan fingerprint density at radius 1 is 1.11 bits per heavy atom. The van der Waals surface area contributed by atoms with E-state index in [1.54, 1.807) is 11.9 Å². The summed E-state index contributed by atoms with van der Waals surface area (Å²) in [5.74, 6) is -0.128. The zero-order chi connectivity index (χ0) is 33.8. The van der Waals surface area contributed by atoms with Crippen molar-refractivity contribution in [2.75, 3.05) is 29.4 Å². The van der Waals surface area contributed by atoms with Crippen LogP contribution in [0.1, 0.15) is 50.7 Å². The van der Waals surface area contributed by atoms with Gasteiger partial charge in [0.2, 0.25) is 0 Å². The Hall–Kier alpha value is -3.18. The van der Waals surface area contributed by atoms with Gasteiger partial charge in [-0.3, -0.25) is 9.10 Å². The van der Waals surface area contributed by atoms with Crippen molar-refractivity contribution in [2.24, 2.45) is 0 Å². The van der Waals surface area contributed by atoms with Gasteiger partial charge in [0.1, 0.15) is 23.5 Å². The van der Waals surface area contributed by atoms with E-state index in [9.17, 15) is 54.2 Å². The van der Waals surface area contributed by atoms with Gasteiger partial charge >= 0.3 is 12.4 Å². The van der Waals surface area contributed by atoms with Crippen LogP contribution in [0.15, 0.2) is 35.4 Å². The molecule has 0 bridgehead atoms. The Labute approximate surface area is 254 Å². The molecule has 0 spiro atoms. The van der Waals surface area contributed by atoms with Crippen LogP contribution in [0.3, 0.4) is 0 Å². The number of likely N-dealkylation sites (N-methyl/N-ethyl adjacent to an activating group) is 1. The lowest BCUT2D eigenvalue weighted by Crippen LogP contribution is -2.54. The van der Waals surface area contributed by atoms with E-state index < -0.39 is 68.5 Å². The topological polar surface area (TPSA) is 120 Å². The average molecular weight is 672 g/mol. The molecular weight excluding hydrogens is 639 g/mol. The fourth-order valence-corrected chi connectivity index (χ4v) is 7.01. The fraction of sp³-hybridized carbons (Fsp3) is 0.571. The summed E-state index contributed by atoms with van der Waals surface area (Å²) in [5.41, 5.74) is -9.08. The molecule has 0 saturated carbocycles. The molecule has 1 unspecified atom stereocenters. The first-order chi connectivity index (χ1) is 20.6. The van der Waals surface area contributed by atoms with Crippen LogP contribution in [0.4, 0.5) is 42.2 Å². The van der Waals surface area contributed by atoms with Crippen LogP contribution < -0.4 is 13.9 Å². The summed E-state index contributed by atoms with van der Waals surface area (Å²) < 4.78 is 130. The lowest BCUT2D eigenvalue weighted by molar-refractivity contribution is -0.376. The van der Waals surface area contributed by atoms with Crippen molar-refractivity contribution >= 4 is 27.3 Å². The van der Waals surface area contributed by atoms with Gasteiger partial charge in [-0.05, 0) is 44.7 Å². The summed E-state index contributed by atoms with van der Waals surface area (Å²) in [5, 5.41) is 19.8. The molecule has 1 aromatic carbocycles. The molecule has 250 valence electrons. The second-order valence-corrected chi connectivity index (χ2v) is 13.5. The lowest BCUT2D eigenvalue weighted by Gasteiger charge is -2.39. The quantitative estimate of drug-likeness (QED) is 0.372. The maximum atomic E-state index is 14.3. The summed E-state index contributed by atoms with van der Waals surface area (Å²) in [6.07, 6.45) is -14.7. The zero-order valence-electron chi connectivity index (χ0n) is 24.4. The van der Waals surface area contributed by atoms with Gasteiger partial charge in [-0.25, -0.2) is 17.8 Å². The Morgan fingerprint density at radius 2 is 1.76 bits per heavy atom.